The van der Waals surface area contributed by atoms with Crippen molar-refractivity contribution in [2.24, 2.45) is 0 Å². The Hall–Kier alpha value is -2.86. The Kier molecular flexibility index (Phi) is 6.08. The highest BCUT2D eigenvalue weighted by molar-refractivity contribution is 6.33. The molecule has 0 radical (unpaired) electrons. The Morgan fingerprint density at radius 1 is 1.15 bits per heavy atom. The highest BCUT2D eigenvalue weighted by Gasteiger charge is 2.21. The SMILES string of the molecule is CCCN(Cc1nnc(-c2ccccc2Cl)o1)C(=O)c1ccccc1OC. The summed E-state index contributed by atoms with van der Waals surface area (Å²) in [6, 6.07) is 14.4. The Balaban J connectivity index is 1.83. The Morgan fingerprint density at radius 2 is 1.89 bits per heavy atom. The van der Waals surface area contributed by atoms with E-state index in [0.717, 1.165) is 6.42 Å². The van der Waals surface area contributed by atoms with Crippen molar-refractivity contribution in [1.29, 1.82) is 0 Å². The number of benzene rings is 2. The minimum Gasteiger partial charge on any atom is -0.496 e. The molecule has 1 aromatic heterocycles. The molecule has 0 aliphatic carbocycles. The highest BCUT2D eigenvalue weighted by atomic mass is 35.5. The maximum absolute atomic E-state index is 13.0. The Labute approximate surface area is 162 Å². The molecular formula is C20H20ClN3O3. The van der Waals surface area contributed by atoms with Crippen LogP contribution < -0.4 is 4.74 Å². The average molecular weight is 386 g/mol. The van der Waals surface area contributed by atoms with Crippen molar-refractivity contribution < 1.29 is 13.9 Å². The van der Waals surface area contributed by atoms with Crippen molar-refractivity contribution in [2.75, 3.05) is 13.7 Å². The van der Waals surface area contributed by atoms with Gasteiger partial charge in [-0.15, -0.1) is 10.2 Å². The van der Waals surface area contributed by atoms with Gasteiger partial charge in [-0.1, -0.05) is 42.8 Å². The van der Waals surface area contributed by atoms with Gasteiger partial charge in [0.15, 0.2) is 0 Å². The Bertz CT molecular complexity index is 926. The maximum Gasteiger partial charge on any atom is 0.258 e. The zero-order chi connectivity index (χ0) is 19.2. The number of nitrogens with zero attached hydrogens (tertiary/aromatic N) is 3. The predicted octanol–water partition coefficient (Wildman–Crippen LogP) is 4.45. The second kappa shape index (κ2) is 8.68. The molecule has 3 rings (SSSR count). The van der Waals surface area contributed by atoms with E-state index in [0.29, 0.717) is 40.2 Å². The molecule has 0 spiro atoms. The van der Waals surface area contributed by atoms with Crippen molar-refractivity contribution >= 4 is 17.5 Å². The minimum atomic E-state index is -0.146. The third-order valence-electron chi connectivity index (χ3n) is 4.02. The molecular weight excluding hydrogens is 366 g/mol. The van der Waals surface area contributed by atoms with Crippen LogP contribution in [0, 0.1) is 0 Å². The van der Waals surface area contributed by atoms with Crippen molar-refractivity contribution in [2.45, 2.75) is 19.9 Å². The molecule has 0 unspecified atom stereocenters. The fourth-order valence-electron chi connectivity index (χ4n) is 2.74. The first-order chi connectivity index (χ1) is 13.1. The molecule has 140 valence electrons. The number of ether oxygens (including phenoxy) is 1. The summed E-state index contributed by atoms with van der Waals surface area (Å²) in [5, 5.41) is 8.67. The van der Waals surface area contributed by atoms with E-state index in [2.05, 4.69) is 10.2 Å². The monoisotopic (exact) mass is 385 g/mol. The van der Waals surface area contributed by atoms with Crippen molar-refractivity contribution in [3.8, 4) is 17.2 Å². The molecule has 1 heterocycles. The van der Waals surface area contributed by atoms with Gasteiger partial charge >= 0.3 is 0 Å². The molecule has 0 saturated heterocycles. The lowest BCUT2D eigenvalue weighted by Gasteiger charge is -2.21. The lowest BCUT2D eigenvalue weighted by molar-refractivity contribution is 0.0725. The largest absolute Gasteiger partial charge is 0.496 e. The molecule has 0 saturated carbocycles. The number of rotatable bonds is 7. The lowest BCUT2D eigenvalue weighted by Crippen LogP contribution is -2.31. The topological polar surface area (TPSA) is 68.5 Å². The number of amides is 1. The van der Waals surface area contributed by atoms with Gasteiger partial charge in [0.2, 0.25) is 11.8 Å². The van der Waals surface area contributed by atoms with Gasteiger partial charge in [0.1, 0.15) is 5.75 Å². The van der Waals surface area contributed by atoms with Crippen LogP contribution in [0.2, 0.25) is 5.02 Å². The van der Waals surface area contributed by atoms with Crippen LogP contribution in [0.4, 0.5) is 0 Å². The summed E-state index contributed by atoms with van der Waals surface area (Å²) in [5.41, 5.74) is 1.16. The zero-order valence-electron chi connectivity index (χ0n) is 15.2. The minimum absolute atomic E-state index is 0.146. The van der Waals surface area contributed by atoms with E-state index in [9.17, 15) is 4.79 Å². The zero-order valence-corrected chi connectivity index (χ0v) is 15.9. The van der Waals surface area contributed by atoms with Crippen LogP contribution in [0.25, 0.3) is 11.5 Å². The summed E-state index contributed by atoms with van der Waals surface area (Å²) >= 11 is 6.18. The van der Waals surface area contributed by atoms with Gasteiger partial charge in [-0.2, -0.15) is 0 Å². The molecule has 6 nitrogen and oxygen atoms in total. The molecule has 0 fully saturated rings. The van der Waals surface area contributed by atoms with Crippen LogP contribution in [0.3, 0.4) is 0 Å². The van der Waals surface area contributed by atoms with Gasteiger partial charge < -0.3 is 14.1 Å². The predicted molar refractivity (Wildman–Crippen MR) is 103 cm³/mol. The van der Waals surface area contributed by atoms with Crippen molar-refractivity contribution in [3.63, 3.8) is 0 Å². The molecule has 2 aromatic carbocycles. The number of hydrogen-bond acceptors (Lipinski definition) is 5. The molecule has 1 amide bonds. The second-order valence-corrected chi connectivity index (χ2v) is 6.31. The van der Waals surface area contributed by atoms with Gasteiger partial charge in [0, 0.05) is 6.54 Å². The first kappa shape index (κ1) is 18.9. The number of para-hydroxylation sites is 1. The van der Waals surface area contributed by atoms with Gasteiger partial charge in [-0.05, 0) is 30.7 Å². The quantitative estimate of drug-likeness (QED) is 0.601. The number of aromatic nitrogens is 2. The van der Waals surface area contributed by atoms with Crippen LogP contribution in [-0.4, -0.2) is 34.7 Å². The third-order valence-corrected chi connectivity index (χ3v) is 4.34. The Morgan fingerprint density at radius 3 is 2.63 bits per heavy atom. The number of hydrogen-bond donors (Lipinski definition) is 0. The number of carbonyl (C=O) groups excluding carboxylic acids is 1. The lowest BCUT2D eigenvalue weighted by atomic mass is 10.1. The molecule has 7 heteroatoms. The maximum atomic E-state index is 13.0. The van der Waals surface area contributed by atoms with E-state index in [1.807, 2.05) is 37.3 Å². The smallest absolute Gasteiger partial charge is 0.258 e. The van der Waals surface area contributed by atoms with E-state index < -0.39 is 0 Å². The van der Waals surface area contributed by atoms with E-state index in [1.165, 1.54) is 0 Å². The van der Waals surface area contributed by atoms with Gasteiger partial charge in [0.25, 0.3) is 5.91 Å². The summed E-state index contributed by atoms with van der Waals surface area (Å²) < 4.78 is 11.0. The first-order valence-corrected chi connectivity index (χ1v) is 9.01. The molecule has 0 atom stereocenters. The van der Waals surface area contributed by atoms with Crippen molar-refractivity contribution in [1.82, 2.24) is 15.1 Å². The van der Waals surface area contributed by atoms with Crippen LogP contribution in [0.1, 0.15) is 29.6 Å². The van der Waals surface area contributed by atoms with E-state index >= 15 is 0 Å². The summed E-state index contributed by atoms with van der Waals surface area (Å²) in [4.78, 5) is 14.7. The molecule has 0 bridgehead atoms. The van der Waals surface area contributed by atoms with Crippen LogP contribution in [0.15, 0.2) is 52.9 Å². The molecule has 0 N–H and O–H groups in total. The van der Waals surface area contributed by atoms with Crippen molar-refractivity contribution in [3.05, 3.63) is 65.0 Å². The van der Waals surface area contributed by atoms with E-state index in [4.69, 9.17) is 20.8 Å². The molecule has 0 aliphatic rings. The van der Waals surface area contributed by atoms with Crippen LogP contribution >= 0.6 is 11.6 Å². The normalized spacial score (nSPS) is 10.6. The molecule has 3 aromatic rings. The fourth-order valence-corrected chi connectivity index (χ4v) is 2.95. The molecule has 0 aliphatic heterocycles. The first-order valence-electron chi connectivity index (χ1n) is 8.63. The second-order valence-electron chi connectivity index (χ2n) is 5.91. The van der Waals surface area contributed by atoms with Gasteiger partial charge in [-0.25, -0.2) is 0 Å². The standard InChI is InChI=1S/C20H20ClN3O3/c1-3-12-24(20(25)15-9-5-7-11-17(15)26-2)13-18-22-23-19(27-18)14-8-4-6-10-16(14)21/h4-11H,3,12-13H2,1-2H3. The fraction of sp³-hybridized carbons (Fsp3) is 0.250. The van der Waals surface area contributed by atoms with Crippen LogP contribution in [-0.2, 0) is 6.54 Å². The summed E-state index contributed by atoms with van der Waals surface area (Å²) in [7, 11) is 1.55. The summed E-state index contributed by atoms with van der Waals surface area (Å²) in [6.07, 6.45) is 0.798. The van der Waals surface area contributed by atoms with E-state index in [1.54, 1.807) is 30.2 Å². The van der Waals surface area contributed by atoms with E-state index in [-0.39, 0.29) is 12.5 Å². The summed E-state index contributed by atoms with van der Waals surface area (Å²) in [6.45, 7) is 2.77. The number of carbonyl (C=O) groups is 1. The molecule has 27 heavy (non-hydrogen) atoms. The van der Waals surface area contributed by atoms with Crippen LogP contribution in [0.5, 0.6) is 5.75 Å². The summed E-state index contributed by atoms with van der Waals surface area (Å²) in [5.74, 6) is 1.07. The van der Waals surface area contributed by atoms with Gasteiger partial charge in [0.05, 0.1) is 29.8 Å². The average Bonchev–Trinajstić information content (AvgIpc) is 3.15. The number of methoxy groups -OCH3 is 1. The third kappa shape index (κ3) is 4.28. The van der Waals surface area contributed by atoms with Gasteiger partial charge in [-0.3, -0.25) is 4.79 Å². The number of halogens is 1. The highest BCUT2D eigenvalue weighted by Crippen LogP contribution is 2.27.